The minimum atomic E-state index is 0.137. The Hall–Kier alpha value is -2.08. The van der Waals surface area contributed by atoms with Crippen molar-refractivity contribution in [2.24, 2.45) is 0 Å². The van der Waals surface area contributed by atoms with Crippen LogP contribution in [0.1, 0.15) is 24.2 Å². The molecule has 1 fully saturated rings. The summed E-state index contributed by atoms with van der Waals surface area (Å²) in [7, 11) is 0. The molecule has 1 aliphatic heterocycles. The Morgan fingerprint density at radius 3 is 3.10 bits per heavy atom. The first kappa shape index (κ1) is 12.9. The van der Waals surface area contributed by atoms with Gasteiger partial charge >= 0.3 is 0 Å². The number of carbonyl (C=O) groups excluding carboxylic acids is 1. The van der Waals surface area contributed by atoms with E-state index in [2.05, 4.69) is 20.8 Å². The van der Waals surface area contributed by atoms with Crippen molar-refractivity contribution in [3.63, 3.8) is 0 Å². The first-order valence-corrected chi connectivity index (χ1v) is 6.81. The third-order valence-electron chi connectivity index (χ3n) is 3.55. The Morgan fingerprint density at radius 1 is 1.50 bits per heavy atom. The monoisotopic (exact) mass is 274 g/mol. The number of carbonyl (C=O) groups is 1. The average Bonchev–Trinajstić information content (AvgIpc) is 3.06. The number of aromatic amines is 1. The maximum Gasteiger partial charge on any atom is 0.220 e. The van der Waals surface area contributed by atoms with Gasteiger partial charge in [0.25, 0.3) is 0 Å². The van der Waals surface area contributed by atoms with Gasteiger partial charge in [-0.3, -0.25) is 9.89 Å². The smallest absolute Gasteiger partial charge is 0.220 e. The van der Waals surface area contributed by atoms with Crippen molar-refractivity contribution in [2.75, 3.05) is 6.54 Å². The molecule has 0 aromatic carbocycles. The van der Waals surface area contributed by atoms with Crippen molar-refractivity contribution >= 4 is 5.91 Å². The summed E-state index contributed by atoms with van der Waals surface area (Å²) in [5, 5.41) is 13.4. The van der Waals surface area contributed by atoms with Crippen molar-refractivity contribution in [3.05, 3.63) is 29.7 Å². The highest BCUT2D eigenvalue weighted by atomic mass is 16.3. The van der Waals surface area contributed by atoms with Crippen LogP contribution in [0.2, 0.25) is 0 Å². The van der Waals surface area contributed by atoms with Gasteiger partial charge in [0, 0.05) is 31.1 Å². The molecule has 1 saturated heterocycles. The fourth-order valence-electron chi connectivity index (χ4n) is 2.39. The van der Waals surface area contributed by atoms with E-state index in [4.69, 9.17) is 4.42 Å². The molecule has 1 unspecified atom stereocenters. The number of hydrogen-bond donors (Lipinski definition) is 3. The second-order valence-corrected chi connectivity index (χ2v) is 5.10. The van der Waals surface area contributed by atoms with Gasteiger partial charge in [-0.2, -0.15) is 5.10 Å². The first-order chi connectivity index (χ1) is 9.72. The topological polar surface area (TPSA) is 83.0 Å². The van der Waals surface area contributed by atoms with Crippen molar-refractivity contribution in [2.45, 2.75) is 32.4 Å². The van der Waals surface area contributed by atoms with E-state index in [1.54, 1.807) is 0 Å². The maximum absolute atomic E-state index is 11.1. The van der Waals surface area contributed by atoms with Crippen LogP contribution >= 0.6 is 0 Å². The first-order valence-electron chi connectivity index (χ1n) is 6.81. The lowest BCUT2D eigenvalue weighted by atomic mass is 10.1. The lowest BCUT2D eigenvalue weighted by Gasteiger charge is -2.23. The predicted octanol–water partition coefficient (Wildman–Crippen LogP) is 1.35. The minimum Gasteiger partial charge on any atom is -0.460 e. The van der Waals surface area contributed by atoms with Crippen molar-refractivity contribution in [1.29, 1.82) is 0 Å². The van der Waals surface area contributed by atoms with Crippen LogP contribution in [0, 0.1) is 6.92 Å². The second kappa shape index (κ2) is 5.50. The Bertz CT molecular complexity index is 592. The zero-order chi connectivity index (χ0) is 13.9. The molecule has 2 aromatic heterocycles. The molecule has 3 rings (SSSR count). The van der Waals surface area contributed by atoms with Crippen LogP contribution in [0.15, 0.2) is 22.7 Å². The lowest BCUT2D eigenvalue weighted by molar-refractivity contribution is -0.122. The molecule has 0 radical (unpaired) electrons. The highest BCUT2D eigenvalue weighted by Crippen LogP contribution is 2.23. The Kier molecular flexibility index (Phi) is 3.56. The van der Waals surface area contributed by atoms with Crippen LogP contribution < -0.4 is 10.6 Å². The van der Waals surface area contributed by atoms with E-state index in [0.29, 0.717) is 25.6 Å². The number of nitrogens with zero attached hydrogens (tertiary/aromatic N) is 1. The zero-order valence-corrected chi connectivity index (χ0v) is 11.4. The van der Waals surface area contributed by atoms with E-state index in [1.165, 1.54) is 0 Å². The average molecular weight is 274 g/mol. The number of rotatable bonds is 4. The standard InChI is InChI=1S/C14H18N4O2/c1-9-2-4-12(20-9)14-10(7-17-18-14)6-15-11-3-5-13(19)16-8-11/h2,4,7,11,15H,3,5-6,8H2,1H3,(H,16,19)(H,17,18). The van der Waals surface area contributed by atoms with E-state index in [1.807, 2.05) is 25.3 Å². The summed E-state index contributed by atoms with van der Waals surface area (Å²) < 4.78 is 5.62. The van der Waals surface area contributed by atoms with Crippen LogP contribution in [0.5, 0.6) is 0 Å². The third-order valence-corrected chi connectivity index (χ3v) is 3.55. The van der Waals surface area contributed by atoms with E-state index in [0.717, 1.165) is 29.2 Å². The third kappa shape index (κ3) is 2.75. The van der Waals surface area contributed by atoms with Gasteiger partial charge in [0.1, 0.15) is 11.5 Å². The minimum absolute atomic E-state index is 0.137. The molecule has 0 aliphatic carbocycles. The SMILES string of the molecule is Cc1ccc(-c2[nH]ncc2CNC2CCC(=O)NC2)o1. The summed E-state index contributed by atoms with van der Waals surface area (Å²) in [5.74, 6) is 1.82. The fraction of sp³-hybridized carbons (Fsp3) is 0.429. The molecule has 0 saturated carbocycles. The van der Waals surface area contributed by atoms with E-state index in [-0.39, 0.29) is 5.91 Å². The largest absolute Gasteiger partial charge is 0.460 e. The molecule has 6 heteroatoms. The number of aryl methyl sites for hydroxylation is 1. The predicted molar refractivity (Wildman–Crippen MR) is 73.9 cm³/mol. The maximum atomic E-state index is 11.1. The summed E-state index contributed by atoms with van der Waals surface area (Å²) in [5.41, 5.74) is 1.97. The Morgan fingerprint density at radius 2 is 2.40 bits per heavy atom. The molecular formula is C14H18N4O2. The summed E-state index contributed by atoms with van der Waals surface area (Å²) >= 11 is 0. The molecule has 1 aliphatic rings. The molecule has 0 spiro atoms. The van der Waals surface area contributed by atoms with Crippen LogP contribution in [0.25, 0.3) is 11.5 Å². The van der Waals surface area contributed by atoms with Gasteiger partial charge in [0.15, 0.2) is 5.76 Å². The van der Waals surface area contributed by atoms with E-state index < -0.39 is 0 Å². The molecule has 0 bridgehead atoms. The van der Waals surface area contributed by atoms with Crippen LogP contribution in [-0.4, -0.2) is 28.7 Å². The normalized spacial score (nSPS) is 19.1. The number of hydrogen-bond acceptors (Lipinski definition) is 4. The van der Waals surface area contributed by atoms with Gasteiger partial charge in [-0.1, -0.05) is 0 Å². The highest BCUT2D eigenvalue weighted by molar-refractivity contribution is 5.76. The molecule has 106 valence electrons. The Labute approximate surface area is 116 Å². The van der Waals surface area contributed by atoms with E-state index in [9.17, 15) is 4.79 Å². The molecule has 2 aromatic rings. The molecule has 6 nitrogen and oxygen atoms in total. The van der Waals surface area contributed by atoms with Gasteiger partial charge in [0.2, 0.25) is 5.91 Å². The number of nitrogens with one attached hydrogen (secondary N) is 3. The lowest BCUT2D eigenvalue weighted by Crippen LogP contribution is -2.45. The molecule has 20 heavy (non-hydrogen) atoms. The summed E-state index contributed by atoms with van der Waals surface area (Å²) in [6.45, 7) is 3.31. The quantitative estimate of drug-likeness (QED) is 0.786. The zero-order valence-electron chi connectivity index (χ0n) is 11.4. The number of amides is 1. The van der Waals surface area contributed by atoms with Gasteiger partial charge in [-0.15, -0.1) is 0 Å². The van der Waals surface area contributed by atoms with E-state index >= 15 is 0 Å². The number of furan rings is 1. The number of H-pyrrole nitrogens is 1. The summed E-state index contributed by atoms with van der Waals surface area (Å²) in [6, 6.07) is 4.19. The van der Waals surface area contributed by atoms with Crippen molar-refractivity contribution in [1.82, 2.24) is 20.8 Å². The molecule has 1 atom stereocenters. The van der Waals surface area contributed by atoms with Gasteiger partial charge < -0.3 is 15.1 Å². The van der Waals surface area contributed by atoms with Crippen LogP contribution in [-0.2, 0) is 11.3 Å². The van der Waals surface area contributed by atoms with Gasteiger partial charge in [-0.25, -0.2) is 0 Å². The number of aromatic nitrogens is 2. The van der Waals surface area contributed by atoms with Crippen molar-refractivity contribution in [3.8, 4) is 11.5 Å². The number of piperidine rings is 1. The fourth-order valence-corrected chi connectivity index (χ4v) is 2.39. The molecule has 3 heterocycles. The van der Waals surface area contributed by atoms with Gasteiger partial charge in [0.05, 0.1) is 6.20 Å². The molecule has 1 amide bonds. The molecule has 3 N–H and O–H groups in total. The van der Waals surface area contributed by atoms with Gasteiger partial charge in [-0.05, 0) is 25.5 Å². The molecular weight excluding hydrogens is 256 g/mol. The highest BCUT2D eigenvalue weighted by Gasteiger charge is 2.18. The van der Waals surface area contributed by atoms with Crippen molar-refractivity contribution < 1.29 is 9.21 Å². The summed E-state index contributed by atoms with van der Waals surface area (Å²) in [6.07, 6.45) is 3.27. The second-order valence-electron chi connectivity index (χ2n) is 5.10. The summed E-state index contributed by atoms with van der Waals surface area (Å²) in [4.78, 5) is 11.1. The Balaban J connectivity index is 1.64. The van der Waals surface area contributed by atoms with Crippen LogP contribution in [0.3, 0.4) is 0 Å². The van der Waals surface area contributed by atoms with Crippen LogP contribution in [0.4, 0.5) is 0 Å².